The van der Waals surface area contributed by atoms with Crippen molar-refractivity contribution >= 4 is 13.3 Å². The Balaban J connectivity index is 2.18. The third-order valence-electron chi connectivity index (χ3n) is 4.39. The van der Waals surface area contributed by atoms with Gasteiger partial charge in [-0.15, -0.1) is 6.58 Å². The maximum absolute atomic E-state index is 10.5. The van der Waals surface area contributed by atoms with Crippen LogP contribution in [0.4, 0.5) is 0 Å². The average molecular weight is 296 g/mol. The van der Waals surface area contributed by atoms with Gasteiger partial charge in [0.25, 0.3) is 0 Å². The lowest BCUT2D eigenvalue weighted by molar-refractivity contribution is 0.168. The lowest BCUT2D eigenvalue weighted by Crippen LogP contribution is -2.45. The molecule has 0 bridgehead atoms. The fourth-order valence-electron chi connectivity index (χ4n) is 2.82. The number of hydrogen-bond acceptors (Lipinski definition) is 1. The van der Waals surface area contributed by atoms with E-state index < -0.39 is 14.2 Å². The van der Waals surface area contributed by atoms with Crippen molar-refractivity contribution in [2.24, 2.45) is 0 Å². The topological polar surface area (TPSA) is 20.2 Å². The molecule has 0 saturated carbocycles. The summed E-state index contributed by atoms with van der Waals surface area (Å²) in [7, 11) is -1.68. The van der Waals surface area contributed by atoms with Crippen molar-refractivity contribution in [3.63, 3.8) is 0 Å². The van der Waals surface area contributed by atoms with Gasteiger partial charge in [-0.2, -0.15) is 0 Å². The van der Waals surface area contributed by atoms with Gasteiger partial charge in [0.05, 0.1) is 14.2 Å². The highest BCUT2D eigenvalue weighted by Gasteiger charge is 2.33. The third-order valence-corrected chi connectivity index (χ3v) is 8.54. The van der Waals surface area contributed by atoms with E-state index in [1.165, 1.54) is 5.19 Å². The molecule has 110 valence electrons. The maximum Gasteiger partial charge on any atom is 0.0874 e. The van der Waals surface area contributed by atoms with E-state index in [0.29, 0.717) is 5.54 Å². The Morgan fingerprint density at radius 2 is 1.52 bits per heavy atom. The van der Waals surface area contributed by atoms with Crippen LogP contribution >= 0.6 is 0 Å². The van der Waals surface area contributed by atoms with Gasteiger partial charge in [-0.1, -0.05) is 85.0 Å². The molecule has 0 aromatic heterocycles. The van der Waals surface area contributed by atoms with Crippen LogP contribution < -0.4 is 5.19 Å². The molecule has 2 aromatic rings. The van der Waals surface area contributed by atoms with Gasteiger partial charge in [-0.25, -0.2) is 0 Å². The van der Waals surface area contributed by atoms with Crippen LogP contribution in [0.5, 0.6) is 0 Å². The van der Waals surface area contributed by atoms with Crippen molar-refractivity contribution in [1.29, 1.82) is 0 Å². The van der Waals surface area contributed by atoms with Crippen LogP contribution in [-0.4, -0.2) is 13.2 Å². The van der Waals surface area contributed by atoms with Crippen LogP contribution in [0, 0.1) is 0 Å². The minimum Gasteiger partial charge on any atom is -0.388 e. The number of aliphatic hydroxyl groups excluding tert-OH is 1. The predicted molar refractivity (Wildman–Crippen MR) is 93.5 cm³/mol. The molecule has 0 heterocycles. The van der Waals surface area contributed by atoms with E-state index in [1.54, 1.807) is 0 Å². The lowest BCUT2D eigenvalue weighted by atomic mass is 10.0. The van der Waals surface area contributed by atoms with E-state index in [4.69, 9.17) is 0 Å². The molecule has 0 spiro atoms. The highest BCUT2D eigenvalue weighted by Crippen LogP contribution is 2.33. The summed E-state index contributed by atoms with van der Waals surface area (Å²) < 4.78 is 0. The summed E-state index contributed by atoms with van der Waals surface area (Å²) in [4.78, 5) is 0. The number of rotatable bonds is 6. The molecule has 0 unspecified atom stereocenters. The van der Waals surface area contributed by atoms with Gasteiger partial charge < -0.3 is 5.11 Å². The zero-order valence-electron chi connectivity index (χ0n) is 12.9. The minimum absolute atomic E-state index is 0.343. The standard InChI is InChI=1S/C19H24OSi/c1-4-17(15-19(20)16-11-7-5-8-12-16)21(2,3)18-13-9-6-10-14-18/h4-14,17,19-20H,1,15H2,2-3H3/t17-,19+/m1/s1. The van der Waals surface area contributed by atoms with Gasteiger partial charge in [-0.3, -0.25) is 0 Å². The Kier molecular flexibility index (Phi) is 5.15. The smallest absolute Gasteiger partial charge is 0.0874 e. The van der Waals surface area contributed by atoms with Gasteiger partial charge in [-0.05, 0) is 17.5 Å². The first-order valence-corrected chi connectivity index (χ1v) is 10.5. The van der Waals surface area contributed by atoms with Crippen molar-refractivity contribution < 1.29 is 5.11 Å². The zero-order valence-corrected chi connectivity index (χ0v) is 13.9. The second-order valence-electron chi connectivity index (χ2n) is 6.09. The van der Waals surface area contributed by atoms with Gasteiger partial charge >= 0.3 is 0 Å². The van der Waals surface area contributed by atoms with E-state index in [-0.39, 0.29) is 0 Å². The highest BCUT2D eigenvalue weighted by atomic mass is 28.3. The predicted octanol–water partition coefficient (Wildman–Crippen LogP) is 4.28. The van der Waals surface area contributed by atoms with Crippen molar-refractivity contribution in [3.8, 4) is 0 Å². The molecule has 0 saturated heterocycles. The first-order chi connectivity index (χ1) is 10.1. The Hall–Kier alpha value is -1.64. The molecule has 0 amide bonds. The fraction of sp³-hybridized carbons (Fsp3) is 0.263. The summed E-state index contributed by atoms with van der Waals surface area (Å²) in [5, 5.41) is 11.9. The Morgan fingerprint density at radius 3 is 2.05 bits per heavy atom. The second-order valence-corrected chi connectivity index (χ2v) is 10.9. The molecular weight excluding hydrogens is 272 g/mol. The molecule has 21 heavy (non-hydrogen) atoms. The van der Waals surface area contributed by atoms with E-state index in [9.17, 15) is 5.11 Å². The molecule has 0 radical (unpaired) electrons. The van der Waals surface area contributed by atoms with E-state index in [0.717, 1.165) is 12.0 Å². The van der Waals surface area contributed by atoms with Gasteiger partial charge in [0.1, 0.15) is 0 Å². The zero-order chi connectivity index (χ0) is 15.3. The molecule has 2 heteroatoms. The third kappa shape index (κ3) is 3.72. The van der Waals surface area contributed by atoms with Crippen molar-refractivity contribution in [2.45, 2.75) is 31.2 Å². The highest BCUT2D eigenvalue weighted by molar-refractivity contribution is 6.91. The molecule has 2 rings (SSSR count). The summed E-state index contributed by atoms with van der Waals surface area (Å²) >= 11 is 0. The average Bonchev–Trinajstić information content (AvgIpc) is 2.53. The quantitative estimate of drug-likeness (QED) is 0.623. The first-order valence-electron chi connectivity index (χ1n) is 7.46. The number of benzene rings is 2. The van der Waals surface area contributed by atoms with Gasteiger partial charge in [0.2, 0.25) is 0 Å². The van der Waals surface area contributed by atoms with Gasteiger partial charge in [0.15, 0.2) is 0 Å². The summed E-state index contributed by atoms with van der Waals surface area (Å²) in [6, 6.07) is 20.6. The second kappa shape index (κ2) is 6.88. The van der Waals surface area contributed by atoms with Crippen molar-refractivity contribution in [1.82, 2.24) is 0 Å². The summed E-state index contributed by atoms with van der Waals surface area (Å²) in [6.45, 7) is 8.73. The fourth-order valence-corrected chi connectivity index (χ4v) is 5.70. The largest absolute Gasteiger partial charge is 0.388 e. The monoisotopic (exact) mass is 296 g/mol. The van der Waals surface area contributed by atoms with Crippen LogP contribution in [-0.2, 0) is 0 Å². The van der Waals surface area contributed by atoms with Crippen molar-refractivity contribution in [3.05, 3.63) is 78.9 Å². The number of allylic oxidation sites excluding steroid dienone is 1. The van der Waals surface area contributed by atoms with Crippen LogP contribution in [0.15, 0.2) is 73.3 Å². The lowest BCUT2D eigenvalue weighted by Gasteiger charge is -2.32. The summed E-state index contributed by atoms with van der Waals surface area (Å²) in [6.07, 6.45) is 2.34. The number of aliphatic hydroxyl groups is 1. The van der Waals surface area contributed by atoms with Crippen molar-refractivity contribution in [2.75, 3.05) is 0 Å². The minimum atomic E-state index is -1.68. The van der Waals surface area contributed by atoms with Crippen LogP contribution in [0.3, 0.4) is 0 Å². The summed E-state index contributed by atoms with van der Waals surface area (Å²) in [5.41, 5.74) is 1.33. The molecule has 1 N–H and O–H groups in total. The Labute approximate surface area is 129 Å². The maximum atomic E-state index is 10.5. The Morgan fingerprint density at radius 1 is 1.00 bits per heavy atom. The molecular formula is C19H24OSi. The van der Waals surface area contributed by atoms with Gasteiger partial charge in [0, 0.05) is 0 Å². The molecule has 0 aliphatic rings. The molecule has 0 aliphatic carbocycles. The van der Waals surface area contributed by atoms with E-state index >= 15 is 0 Å². The number of hydrogen-bond donors (Lipinski definition) is 1. The van der Waals surface area contributed by atoms with Crippen LogP contribution in [0.25, 0.3) is 0 Å². The molecule has 2 atom stereocenters. The van der Waals surface area contributed by atoms with E-state index in [1.807, 2.05) is 36.4 Å². The molecule has 0 aliphatic heterocycles. The van der Waals surface area contributed by atoms with E-state index in [2.05, 4.69) is 50.0 Å². The van der Waals surface area contributed by atoms with Crippen LogP contribution in [0.1, 0.15) is 18.1 Å². The first kappa shape index (κ1) is 15.7. The molecule has 0 fully saturated rings. The SMILES string of the molecule is C=C[C@H](C[C@H](O)c1ccccc1)[Si](C)(C)c1ccccc1. The molecule has 2 aromatic carbocycles. The summed E-state index contributed by atoms with van der Waals surface area (Å²) in [5.74, 6) is 0. The molecule has 1 nitrogen and oxygen atoms in total. The van der Waals surface area contributed by atoms with Crippen LogP contribution in [0.2, 0.25) is 18.6 Å². The Bertz CT molecular complexity index is 563. The normalized spacial score (nSPS) is 14.4.